The molecular weight excluding hydrogens is 634 g/mol. The van der Waals surface area contributed by atoms with E-state index in [4.69, 9.17) is 24.2 Å². The first-order chi connectivity index (χ1) is 23.7. The lowest BCUT2D eigenvalue weighted by molar-refractivity contribution is 0.0513. The summed E-state index contributed by atoms with van der Waals surface area (Å²) in [5, 5.41) is 7.66. The standard InChI is InChI=1S/C38H41N7O5/c1-24-15-16-39-18-27(24)19-40-29-10-8-9-26(17-29)33-42-32-23-48-22-31(32)34(43-33)45(36(47)50-38(5,6)7)30-13-11-25(12-14-30)28-20-41-44(21-28)35(46)49-37(2,3)4/h8-18,20-21,40H,19,22-23H2,1-7H3. The van der Waals surface area contributed by atoms with Crippen molar-refractivity contribution in [2.24, 2.45) is 0 Å². The smallest absolute Gasteiger partial charge is 0.435 e. The van der Waals surface area contributed by atoms with Crippen LogP contribution >= 0.6 is 0 Å². The van der Waals surface area contributed by atoms with Gasteiger partial charge in [-0.3, -0.25) is 4.98 Å². The zero-order valence-corrected chi connectivity index (χ0v) is 29.4. The Balaban J connectivity index is 1.34. The van der Waals surface area contributed by atoms with Crippen LogP contribution in [0.25, 0.3) is 22.5 Å². The van der Waals surface area contributed by atoms with Crippen LogP contribution < -0.4 is 10.2 Å². The maximum Gasteiger partial charge on any atom is 0.435 e. The number of hydrogen-bond donors (Lipinski definition) is 1. The molecule has 0 fully saturated rings. The Morgan fingerprint density at radius 3 is 2.38 bits per heavy atom. The Labute approximate surface area is 291 Å². The number of carbonyl (C=O) groups is 2. The molecule has 3 aromatic heterocycles. The van der Waals surface area contributed by atoms with Gasteiger partial charge in [0.25, 0.3) is 0 Å². The first-order valence-corrected chi connectivity index (χ1v) is 16.4. The van der Waals surface area contributed by atoms with Gasteiger partial charge in [0.15, 0.2) is 11.6 Å². The fraction of sp³-hybridized carbons (Fsp3) is 0.316. The predicted molar refractivity (Wildman–Crippen MR) is 190 cm³/mol. The fourth-order valence-corrected chi connectivity index (χ4v) is 5.30. The van der Waals surface area contributed by atoms with Crippen LogP contribution in [0.3, 0.4) is 0 Å². The molecule has 0 saturated heterocycles. The first kappa shape index (κ1) is 34.3. The summed E-state index contributed by atoms with van der Waals surface area (Å²) in [7, 11) is 0. The van der Waals surface area contributed by atoms with Gasteiger partial charge in [-0.05, 0) is 95.5 Å². The average Bonchev–Trinajstić information content (AvgIpc) is 3.74. The largest absolute Gasteiger partial charge is 0.443 e. The van der Waals surface area contributed by atoms with Crippen LogP contribution in [0.5, 0.6) is 0 Å². The number of nitrogens with zero attached hydrogens (tertiary/aromatic N) is 6. The number of aromatic nitrogens is 5. The van der Waals surface area contributed by atoms with Crippen LogP contribution in [0.15, 0.2) is 79.4 Å². The summed E-state index contributed by atoms with van der Waals surface area (Å²) in [6.45, 7) is 14.1. The van der Waals surface area contributed by atoms with Crippen LogP contribution in [0.1, 0.15) is 63.9 Å². The summed E-state index contributed by atoms with van der Waals surface area (Å²) in [4.78, 5) is 42.1. The molecule has 6 rings (SSSR count). The van der Waals surface area contributed by atoms with Crippen molar-refractivity contribution in [3.63, 3.8) is 0 Å². The molecule has 12 heteroatoms. The van der Waals surface area contributed by atoms with Crippen molar-refractivity contribution >= 4 is 29.4 Å². The highest BCUT2D eigenvalue weighted by Gasteiger charge is 2.32. The van der Waals surface area contributed by atoms with E-state index in [-0.39, 0.29) is 6.61 Å². The molecule has 0 atom stereocenters. The summed E-state index contributed by atoms with van der Waals surface area (Å²) in [6.07, 6.45) is 5.67. The lowest BCUT2D eigenvalue weighted by Gasteiger charge is -2.28. The van der Waals surface area contributed by atoms with Gasteiger partial charge in [-0.2, -0.15) is 9.78 Å². The van der Waals surface area contributed by atoms with Gasteiger partial charge in [0, 0.05) is 47.5 Å². The van der Waals surface area contributed by atoms with Gasteiger partial charge in [-0.1, -0.05) is 24.3 Å². The molecule has 2 aromatic carbocycles. The molecule has 0 unspecified atom stereocenters. The summed E-state index contributed by atoms with van der Waals surface area (Å²) >= 11 is 0. The van der Waals surface area contributed by atoms with Crippen LogP contribution in [-0.4, -0.2) is 48.1 Å². The Kier molecular flexibility index (Phi) is 9.39. The molecule has 258 valence electrons. The number of anilines is 3. The van der Waals surface area contributed by atoms with Gasteiger partial charge in [-0.15, -0.1) is 0 Å². The number of amides is 1. The Morgan fingerprint density at radius 2 is 1.66 bits per heavy atom. The molecule has 0 radical (unpaired) electrons. The number of carbonyl (C=O) groups excluding carboxylic acids is 2. The third-order valence-electron chi connectivity index (χ3n) is 7.72. The third kappa shape index (κ3) is 7.98. The van der Waals surface area contributed by atoms with Crippen LogP contribution in [0.4, 0.5) is 26.8 Å². The van der Waals surface area contributed by atoms with Crippen LogP contribution in [0, 0.1) is 6.92 Å². The zero-order valence-electron chi connectivity index (χ0n) is 29.4. The van der Waals surface area contributed by atoms with E-state index in [1.54, 1.807) is 51.5 Å². The van der Waals surface area contributed by atoms with E-state index in [1.807, 2.05) is 69.4 Å². The summed E-state index contributed by atoms with van der Waals surface area (Å²) in [6, 6.07) is 17.1. The normalized spacial score (nSPS) is 12.7. The van der Waals surface area contributed by atoms with Crippen molar-refractivity contribution in [3.8, 4) is 22.5 Å². The molecule has 12 nitrogen and oxygen atoms in total. The number of nitrogens with one attached hydrogen (secondary N) is 1. The van der Waals surface area contributed by atoms with Crippen molar-refractivity contribution in [1.29, 1.82) is 0 Å². The van der Waals surface area contributed by atoms with Gasteiger partial charge in [-0.25, -0.2) is 24.5 Å². The summed E-state index contributed by atoms with van der Waals surface area (Å²) in [5.74, 6) is 0.830. The first-order valence-electron chi connectivity index (χ1n) is 16.4. The molecule has 0 aliphatic carbocycles. The van der Waals surface area contributed by atoms with Crippen LogP contribution in [0.2, 0.25) is 0 Å². The SMILES string of the molecule is Cc1ccncc1CNc1cccc(-c2nc3c(c(N(C(=O)OC(C)(C)C)c4ccc(-c5cnn(C(=O)OC(C)(C)C)c5)cc4)n2)COC3)c1. The second-order valence-electron chi connectivity index (χ2n) is 14.0. The fourth-order valence-electron chi connectivity index (χ4n) is 5.30. The van der Waals surface area contributed by atoms with E-state index < -0.39 is 23.4 Å². The summed E-state index contributed by atoms with van der Waals surface area (Å²) < 4.78 is 18.3. The second-order valence-corrected chi connectivity index (χ2v) is 14.0. The van der Waals surface area contributed by atoms with Crippen molar-refractivity contribution in [2.45, 2.75) is 79.4 Å². The number of pyridine rings is 1. The lowest BCUT2D eigenvalue weighted by Crippen LogP contribution is -2.35. The maximum absolute atomic E-state index is 14.0. The quantitative estimate of drug-likeness (QED) is 0.180. The van der Waals surface area contributed by atoms with Gasteiger partial charge >= 0.3 is 12.2 Å². The van der Waals surface area contributed by atoms with E-state index in [0.717, 1.165) is 32.6 Å². The molecule has 0 saturated carbocycles. The van der Waals surface area contributed by atoms with E-state index >= 15 is 0 Å². The molecule has 5 aromatic rings. The minimum absolute atomic E-state index is 0.248. The number of rotatable bonds is 7. The highest BCUT2D eigenvalue weighted by atomic mass is 16.6. The molecule has 4 heterocycles. The topological polar surface area (TPSA) is 134 Å². The molecule has 0 bridgehead atoms. The zero-order chi connectivity index (χ0) is 35.6. The third-order valence-corrected chi connectivity index (χ3v) is 7.72. The number of benzene rings is 2. The van der Waals surface area contributed by atoms with Crippen molar-refractivity contribution in [3.05, 3.63) is 102 Å². The Morgan fingerprint density at radius 1 is 0.900 bits per heavy atom. The number of hydrogen-bond acceptors (Lipinski definition) is 10. The minimum atomic E-state index is -0.770. The van der Waals surface area contributed by atoms with Gasteiger partial charge in [0.2, 0.25) is 0 Å². The Bertz CT molecular complexity index is 2030. The average molecular weight is 676 g/mol. The lowest BCUT2D eigenvalue weighted by atomic mass is 10.1. The molecule has 50 heavy (non-hydrogen) atoms. The highest BCUT2D eigenvalue weighted by molar-refractivity contribution is 5.96. The maximum atomic E-state index is 14.0. The van der Waals surface area contributed by atoms with Gasteiger partial charge < -0.3 is 19.5 Å². The second kappa shape index (κ2) is 13.7. The van der Waals surface area contributed by atoms with Gasteiger partial charge in [0.1, 0.15) is 11.2 Å². The Hall–Kier alpha value is -5.62. The van der Waals surface area contributed by atoms with E-state index in [2.05, 4.69) is 22.3 Å². The van der Waals surface area contributed by atoms with Crippen molar-refractivity contribution in [2.75, 3.05) is 10.2 Å². The minimum Gasteiger partial charge on any atom is -0.443 e. The van der Waals surface area contributed by atoms with Crippen molar-refractivity contribution < 1.29 is 23.8 Å². The molecular formula is C38H41N7O5. The highest BCUT2D eigenvalue weighted by Crippen LogP contribution is 2.36. The number of fused-ring (bicyclic) bond motifs is 1. The van der Waals surface area contributed by atoms with Crippen LogP contribution in [-0.2, 0) is 34.0 Å². The molecule has 1 amide bonds. The van der Waals surface area contributed by atoms with Gasteiger partial charge in [0.05, 0.1) is 30.8 Å². The molecule has 1 aliphatic heterocycles. The van der Waals surface area contributed by atoms with E-state index in [0.29, 0.717) is 47.3 Å². The van der Waals surface area contributed by atoms with Crippen molar-refractivity contribution in [1.82, 2.24) is 24.7 Å². The van der Waals surface area contributed by atoms with E-state index in [1.165, 1.54) is 4.90 Å². The number of aryl methyl sites for hydroxylation is 1. The molecule has 1 aliphatic rings. The van der Waals surface area contributed by atoms with E-state index in [9.17, 15) is 9.59 Å². The molecule has 1 N–H and O–H groups in total. The predicted octanol–water partition coefficient (Wildman–Crippen LogP) is 8.21. The number of ether oxygens (including phenoxy) is 3. The monoisotopic (exact) mass is 675 g/mol. The summed E-state index contributed by atoms with van der Waals surface area (Å²) in [5.41, 5.74) is 5.93. The molecule has 0 spiro atoms.